The van der Waals surface area contributed by atoms with E-state index in [0.717, 1.165) is 37.5 Å². The Morgan fingerprint density at radius 1 is 1.17 bits per heavy atom. The number of nitrogen functional groups attached to an aromatic ring is 1. The third-order valence-electron chi connectivity index (χ3n) is 4.49. The van der Waals surface area contributed by atoms with Gasteiger partial charge in [-0.05, 0) is 61.2 Å². The van der Waals surface area contributed by atoms with E-state index < -0.39 is 0 Å². The minimum atomic E-state index is -0.154. The zero-order valence-corrected chi connectivity index (χ0v) is 14.5. The van der Waals surface area contributed by atoms with Gasteiger partial charge in [-0.3, -0.25) is 4.79 Å². The van der Waals surface area contributed by atoms with E-state index in [1.165, 1.54) is 0 Å². The molecule has 0 saturated carbocycles. The number of nitrogens with one attached hydrogen (secondary N) is 1. The highest BCUT2D eigenvalue weighted by molar-refractivity contribution is 6.30. The summed E-state index contributed by atoms with van der Waals surface area (Å²) in [4.78, 5) is 15.0. The van der Waals surface area contributed by atoms with Crippen LogP contribution in [-0.4, -0.2) is 19.0 Å². The molecule has 0 radical (unpaired) electrons. The van der Waals surface area contributed by atoms with E-state index in [-0.39, 0.29) is 5.91 Å². The lowest BCUT2D eigenvalue weighted by Gasteiger charge is -2.33. The predicted octanol–water partition coefficient (Wildman–Crippen LogP) is 4.41. The van der Waals surface area contributed by atoms with Crippen LogP contribution in [0.5, 0.6) is 0 Å². The molecule has 24 heavy (non-hydrogen) atoms. The molecular weight excluding hydrogens is 322 g/mol. The van der Waals surface area contributed by atoms with Crippen molar-refractivity contribution in [2.24, 2.45) is 5.92 Å². The number of piperidine rings is 1. The third-order valence-corrected chi connectivity index (χ3v) is 4.74. The van der Waals surface area contributed by atoms with Crippen LogP contribution in [0, 0.1) is 5.92 Å². The van der Waals surface area contributed by atoms with E-state index >= 15 is 0 Å². The van der Waals surface area contributed by atoms with Gasteiger partial charge in [-0.2, -0.15) is 0 Å². The number of nitrogens with two attached hydrogens (primary N) is 1. The first-order valence-electron chi connectivity index (χ1n) is 8.24. The summed E-state index contributed by atoms with van der Waals surface area (Å²) in [6.07, 6.45) is 2.28. The van der Waals surface area contributed by atoms with Crippen LogP contribution < -0.4 is 16.0 Å². The Balaban J connectivity index is 1.84. The predicted molar refractivity (Wildman–Crippen MR) is 101 cm³/mol. The normalized spacial score (nSPS) is 15.3. The van der Waals surface area contributed by atoms with Gasteiger partial charge in [0, 0.05) is 35.2 Å². The summed E-state index contributed by atoms with van der Waals surface area (Å²) in [5, 5.41) is 3.56. The van der Waals surface area contributed by atoms with Gasteiger partial charge >= 0.3 is 0 Å². The fourth-order valence-corrected chi connectivity index (χ4v) is 3.12. The second-order valence-corrected chi connectivity index (χ2v) is 6.84. The summed E-state index contributed by atoms with van der Waals surface area (Å²) < 4.78 is 0. The quantitative estimate of drug-likeness (QED) is 0.811. The molecule has 5 heteroatoms. The molecule has 1 aliphatic rings. The maximum atomic E-state index is 12.8. The summed E-state index contributed by atoms with van der Waals surface area (Å²) in [6, 6.07) is 12.6. The van der Waals surface area contributed by atoms with Crippen molar-refractivity contribution in [2.75, 3.05) is 29.0 Å². The number of benzene rings is 2. The van der Waals surface area contributed by atoms with E-state index in [0.29, 0.717) is 22.0 Å². The van der Waals surface area contributed by atoms with Crippen molar-refractivity contribution < 1.29 is 4.79 Å². The Labute approximate surface area is 147 Å². The average Bonchev–Trinajstić information content (AvgIpc) is 2.58. The smallest absolute Gasteiger partial charge is 0.257 e. The lowest BCUT2D eigenvalue weighted by molar-refractivity contribution is 0.102. The molecule has 0 aliphatic carbocycles. The topological polar surface area (TPSA) is 58.4 Å². The molecule has 0 spiro atoms. The molecule has 2 aromatic rings. The van der Waals surface area contributed by atoms with Gasteiger partial charge in [-0.1, -0.05) is 18.5 Å². The molecule has 0 bridgehead atoms. The highest BCUT2D eigenvalue weighted by atomic mass is 35.5. The van der Waals surface area contributed by atoms with Crippen LogP contribution in [0.3, 0.4) is 0 Å². The third kappa shape index (κ3) is 3.82. The van der Waals surface area contributed by atoms with Crippen molar-refractivity contribution in [1.29, 1.82) is 0 Å². The summed E-state index contributed by atoms with van der Waals surface area (Å²) in [7, 11) is 0. The highest BCUT2D eigenvalue weighted by Gasteiger charge is 2.21. The number of carbonyl (C=O) groups is 1. The fourth-order valence-electron chi connectivity index (χ4n) is 2.99. The van der Waals surface area contributed by atoms with E-state index in [9.17, 15) is 4.79 Å². The molecule has 126 valence electrons. The van der Waals surface area contributed by atoms with Gasteiger partial charge in [0.25, 0.3) is 5.91 Å². The minimum Gasteiger partial charge on any atom is -0.399 e. The Bertz CT molecular complexity index is 722. The molecule has 0 unspecified atom stereocenters. The number of anilines is 3. The van der Waals surface area contributed by atoms with Gasteiger partial charge in [-0.25, -0.2) is 0 Å². The molecule has 0 aromatic heterocycles. The number of amides is 1. The number of hydrogen-bond donors (Lipinski definition) is 2. The van der Waals surface area contributed by atoms with Gasteiger partial charge in [0.1, 0.15) is 0 Å². The molecule has 3 rings (SSSR count). The van der Waals surface area contributed by atoms with Gasteiger partial charge in [0.05, 0.1) is 5.56 Å². The SMILES string of the molecule is CC1CCN(c2ccc(N)cc2C(=O)Nc2ccc(Cl)cc2)CC1. The molecule has 1 heterocycles. The molecule has 1 saturated heterocycles. The average molecular weight is 344 g/mol. The van der Waals surface area contributed by atoms with Crippen molar-refractivity contribution in [1.82, 2.24) is 0 Å². The van der Waals surface area contributed by atoms with E-state index in [1.807, 2.05) is 12.1 Å². The highest BCUT2D eigenvalue weighted by Crippen LogP contribution is 2.28. The Kier molecular flexibility index (Phi) is 4.95. The van der Waals surface area contributed by atoms with E-state index in [4.69, 9.17) is 17.3 Å². The van der Waals surface area contributed by atoms with Crippen molar-refractivity contribution in [3.05, 3.63) is 53.1 Å². The summed E-state index contributed by atoms with van der Waals surface area (Å²) in [5.74, 6) is 0.583. The lowest BCUT2D eigenvalue weighted by Crippen LogP contribution is -2.34. The zero-order valence-electron chi connectivity index (χ0n) is 13.8. The molecule has 1 fully saturated rings. The van der Waals surface area contributed by atoms with Crippen LogP contribution in [0.25, 0.3) is 0 Å². The first-order chi connectivity index (χ1) is 11.5. The van der Waals surface area contributed by atoms with Gasteiger partial charge in [0.2, 0.25) is 0 Å². The van der Waals surface area contributed by atoms with Crippen molar-refractivity contribution in [3.63, 3.8) is 0 Å². The van der Waals surface area contributed by atoms with Crippen molar-refractivity contribution in [3.8, 4) is 0 Å². The summed E-state index contributed by atoms with van der Waals surface area (Å²) in [5.41, 5.74) is 8.77. The molecule has 1 aliphatic heterocycles. The standard InChI is InChI=1S/C19H22ClN3O/c1-13-8-10-23(11-9-13)18-7-4-15(21)12-17(18)19(24)22-16-5-2-14(20)3-6-16/h2-7,12-13H,8-11,21H2,1H3,(H,22,24). The zero-order chi connectivity index (χ0) is 17.1. The number of hydrogen-bond acceptors (Lipinski definition) is 3. The lowest BCUT2D eigenvalue weighted by atomic mass is 9.98. The maximum absolute atomic E-state index is 12.8. The van der Waals surface area contributed by atoms with Crippen LogP contribution >= 0.6 is 11.6 Å². The van der Waals surface area contributed by atoms with Crippen LogP contribution in [0.4, 0.5) is 17.1 Å². The van der Waals surface area contributed by atoms with Crippen LogP contribution in [0.2, 0.25) is 5.02 Å². The minimum absolute atomic E-state index is 0.154. The van der Waals surface area contributed by atoms with E-state index in [1.54, 1.807) is 30.3 Å². The van der Waals surface area contributed by atoms with Gasteiger partial charge in [-0.15, -0.1) is 0 Å². The van der Waals surface area contributed by atoms with Gasteiger partial charge < -0.3 is 16.0 Å². The Morgan fingerprint density at radius 2 is 1.83 bits per heavy atom. The van der Waals surface area contributed by atoms with Crippen LogP contribution in [0.1, 0.15) is 30.1 Å². The molecule has 1 amide bonds. The molecule has 3 N–H and O–H groups in total. The Hall–Kier alpha value is -2.20. The first kappa shape index (κ1) is 16.7. The number of rotatable bonds is 3. The van der Waals surface area contributed by atoms with Crippen LogP contribution in [-0.2, 0) is 0 Å². The van der Waals surface area contributed by atoms with E-state index in [2.05, 4.69) is 17.1 Å². The summed E-state index contributed by atoms with van der Waals surface area (Å²) in [6.45, 7) is 4.20. The molecular formula is C19H22ClN3O. The maximum Gasteiger partial charge on any atom is 0.257 e. The second-order valence-electron chi connectivity index (χ2n) is 6.41. The largest absolute Gasteiger partial charge is 0.399 e. The molecule has 4 nitrogen and oxygen atoms in total. The monoisotopic (exact) mass is 343 g/mol. The number of nitrogens with zero attached hydrogens (tertiary/aromatic N) is 1. The van der Waals surface area contributed by atoms with Crippen LogP contribution in [0.15, 0.2) is 42.5 Å². The van der Waals surface area contributed by atoms with Crippen molar-refractivity contribution >= 4 is 34.6 Å². The number of halogens is 1. The first-order valence-corrected chi connectivity index (χ1v) is 8.62. The Morgan fingerprint density at radius 3 is 2.50 bits per heavy atom. The summed E-state index contributed by atoms with van der Waals surface area (Å²) >= 11 is 5.89. The molecule has 0 atom stereocenters. The number of carbonyl (C=O) groups excluding carboxylic acids is 1. The fraction of sp³-hybridized carbons (Fsp3) is 0.316. The van der Waals surface area contributed by atoms with Crippen molar-refractivity contribution in [2.45, 2.75) is 19.8 Å². The molecule has 2 aromatic carbocycles. The van der Waals surface area contributed by atoms with Gasteiger partial charge in [0.15, 0.2) is 0 Å². The second kappa shape index (κ2) is 7.14.